The van der Waals surface area contributed by atoms with Crippen LogP contribution in [0.2, 0.25) is 10.3 Å². The molecule has 0 aliphatic heterocycles. The predicted octanol–water partition coefficient (Wildman–Crippen LogP) is 3.50. The second-order valence-corrected chi connectivity index (χ2v) is 7.72. The van der Waals surface area contributed by atoms with E-state index in [4.69, 9.17) is 44.7 Å². The highest BCUT2D eigenvalue weighted by Crippen LogP contribution is 2.24. The molecular formula is C20H16BBrCl2F2N6O2. The lowest BCUT2D eigenvalue weighted by Gasteiger charge is -2.03. The third kappa shape index (κ3) is 8.80. The first-order valence-electron chi connectivity index (χ1n) is 9.16. The molecule has 0 atom stereocenters. The molecule has 4 aromatic rings. The number of anilines is 2. The van der Waals surface area contributed by atoms with Crippen LogP contribution in [0.1, 0.15) is 0 Å². The maximum absolute atomic E-state index is 12.9. The maximum Gasteiger partial charge on any atom is 0.488 e. The lowest BCUT2D eigenvalue weighted by Crippen LogP contribution is -2.29. The zero-order valence-corrected chi connectivity index (χ0v) is 20.2. The summed E-state index contributed by atoms with van der Waals surface area (Å²) in [4.78, 5) is 15.3. The van der Waals surface area contributed by atoms with Gasteiger partial charge < -0.3 is 21.5 Å². The molecule has 0 amide bonds. The number of benzene rings is 2. The summed E-state index contributed by atoms with van der Waals surface area (Å²) in [5.41, 5.74) is 11.8. The Balaban J connectivity index is 0.000000189. The number of nitrogens with two attached hydrogens (primary N) is 2. The topological polar surface area (TPSA) is 144 Å². The fourth-order valence-electron chi connectivity index (χ4n) is 2.24. The van der Waals surface area contributed by atoms with Crippen molar-refractivity contribution >= 4 is 63.3 Å². The molecule has 14 heteroatoms. The quantitative estimate of drug-likeness (QED) is 0.268. The number of nitrogens with zero attached hydrogens (tertiary/aromatic N) is 4. The number of aromatic nitrogens is 4. The number of hydrogen-bond donors (Lipinski definition) is 4. The van der Waals surface area contributed by atoms with Crippen molar-refractivity contribution in [3.05, 3.63) is 87.5 Å². The number of rotatable bonds is 2. The van der Waals surface area contributed by atoms with E-state index in [-0.39, 0.29) is 27.4 Å². The van der Waals surface area contributed by atoms with Gasteiger partial charge in [-0.2, -0.15) is 0 Å². The minimum atomic E-state index is -1.59. The van der Waals surface area contributed by atoms with Gasteiger partial charge in [0.15, 0.2) is 10.3 Å². The van der Waals surface area contributed by atoms with Gasteiger partial charge in [0, 0.05) is 5.56 Å². The summed E-state index contributed by atoms with van der Waals surface area (Å²) >= 11 is 14.4. The van der Waals surface area contributed by atoms with Crippen molar-refractivity contribution in [3.8, 4) is 11.3 Å². The summed E-state index contributed by atoms with van der Waals surface area (Å²) in [5, 5.41) is 17.5. The molecule has 8 nitrogen and oxygen atoms in total. The summed E-state index contributed by atoms with van der Waals surface area (Å²) < 4.78 is 25.8. The molecule has 6 N–H and O–H groups in total. The molecular weight excluding hydrogens is 556 g/mol. The van der Waals surface area contributed by atoms with E-state index in [9.17, 15) is 8.78 Å². The van der Waals surface area contributed by atoms with Crippen molar-refractivity contribution < 1.29 is 18.8 Å². The smallest absolute Gasteiger partial charge is 0.423 e. The SMILES string of the molecule is Nc1cnc(-c2cccc(F)c2)c(Cl)n1.Nc1cnc(Br)c(Cl)n1.OB(O)c1cccc(F)c1. The summed E-state index contributed by atoms with van der Waals surface area (Å²) in [7, 11) is -1.59. The Morgan fingerprint density at radius 2 is 1.38 bits per heavy atom. The molecule has 0 aliphatic carbocycles. The minimum absolute atomic E-state index is 0.167. The van der Waals surface area contributed by atoms with Crippen molar-refractivity contribution in [1.82, 2.24) is 19.9 Å². The fourth-order valence-corrected chi connectivity index (χ4v) is 2.83. The molecule has 34 heavy (non-hydrogen) atoms. The van der Waals surface area contributed by atoms with Crippen molar-refractivity contribution in [3.63, 3.8) is 0 Å². The largest absolute Gasteiger partial charge is 0.488 e. The van der Waals surface area contributed by atoms with E-state index >= 15 is 0 Å². The summed E-state index contributed by atoms with van der Waals surface area (Å²) in [6, 6.07) is 11.1. The molecule has 4 rings (SSSR count). The molecule has 2 aromatic carbocycles. The van der Waals surface area contributed by atoms with Crippen LogP contribution < -0.4 is 16.9 Å². The van der Waals surface area contributed by atoms with Crippen LogP contribution in [-0.4, -0.2) is 37.1 Å². The van der Waals surface area contributed by atoms with E-state index in [1.54, 1.807) is 12.1 Å². The highest BCUT2D eigenvalue weighted by molar-refractivity contribution is 9.10. The van der Waals surface area contributed by atoms with Gasteiger partial charge in [-0.25, -0.2) is 28.7 Å². The Kier molecular flexibility index (Phi) is 10.5. The zero-order chi connectivity index (χ0) is 25.3. The van der Waals surface area contributed by atoms with Gasteiger partial charge in [-0.15, -0.1) is 0 Å². The normalized spacial score (nSPS) is 9.85. The zero-order valence-electron chi connectivity index (χ0n) is 17.1. The molecule has 2 aromatic heterocycles. The van der Waals surface area contributed by atoms with Gasteiger partial charge in [0.05, 0.1) is 12.4 Å². The standard InChI is InChI=1S/C10H7ClFN3.C6H6BFO2.C4H3BrClN3/c11-10-9(14-5-8(13)15-10)6-2-1-3-7(12)4-6;8-6-3-1-2-5(4-6)7(9)10;5-3-4(6)9-2(7)1-8-3/h1-5H,(H2,13,15);1-4,9-10H;1H,(H2,7,9). The molecule has 0 saturated carbocycles. The van der Waals surface area contributed by atoms with Crippen LogP contribution in [0.15, 0.2) is 65.5 Å². The van der Waals surface area contributed by atoms with Crippen molar-refractivity contribution in [2.45, 2.75) is 0 Å². The third-order valence-corrected chi connectivity index (χ3v) is 5.04. The van der Waals surface area contributed by atoms with Gasteiger partial charge in [-0.05, 0) is 45.7 Å². The molecule has 0 spiro atoms. The van der Waals surface area contributed by atoms with Crippen LogP contribution in [0.4, 0.5) is 20.4 Å². The number of nitrogen functional groups attached to an aromatic ring is 2. The summed E-state index contributed by atoms with van der Waals surface area (Å²) in [6.07, 6.45) is 2.81. The highest BCUT2D eigenvalue weighted by atomic mass is 79.9. The molecule has 0 unspecified atom stereocenters. The first kappa shape index (κ1) is 27.4. The van der Waals surface area contributed by atoms with E-state index in [1.807, 2.05) is 0 Å². The lowest BCUT2D eigenvalue weighted by molar-refractivity contribution is 0.425. The number of hydrogen-bond acceptors (Lipinski definition) is 8. The van der Waals surface area contributed by atoms with E-state index in [0.717, 1.165) is 6.07 Å². The average Bonchev–Trinajstić information content (AvgIpc) is 2.77. The Bertz CT molecular complexity index is 1260. The summed E-state index contributed by atoms with van der Waals surface area (Å²) in [5.74, 6) is -0.254. The Labute approximate surface area is 211 Å². The molecule has 0 aliphatic rings. The molecule has 0 saturated heterocycles. The van der Waals surface area contributed by atoms with Gasteiger partial charge in [0.25, 0.3) is 0 Å². The maximum atomic E-state index is 12.9. The second-order valence-electron chi connectivity index (χ2n) is 6.25. The Morgan fingerprint density at radius 3 is 1.85 bits per heavy atom. The molecule has 0 radical (unpaired) electrons. The number of halogens is 5. The Morgan fingerprint density at radius 1 is 0.824 bits per heavy atom. The van der Waals surface area contributed by atoms with Crippen LogP contribution in [0.25, 0.3) is 11.3 Å². The van der Waals surface area contributed by atoms with E-state index in [2.05, 4.69) is 35.9 Å². The Hall–Kier alpha value is -2.90. The van der Waals surface area contributed by atoms with Gasteiger partial charge in [-0.1, -0.05) is 47.5 Å². The van der Waals surface area contributed by atoms with E-state index < -0.39 is 12.9 Å². The lowest BCUT2D eigenvalue weighted by atomic mass is 9.80. The van der Waals surface area contributed by atoms with Crippen LogP contribution in [0, 0.1) is 11.6 Å². The van der Waals surface area contributed by atoms with Crippen LogP contribution in [-0.2, 0) is 0 Å². The van der Waals surface area contributed by atoms with Crippen LogP contribution in [0.3, 0.4) is 0 Å². The second kappa shape index (κ2) is 13.1. The molecule has 2 heterocycles. The molecule has 176 valence electrons. The average molecular weight is 572 g/mol. The van der Waals surface area contributed by atoms with Crippen molar-refractivity contribution in [2.24, 2.45) is 0 Å². The third-order valence-electron chi connectivity index (χ3n) is 3.70. The van der Waals surface area contributed by atoms with Gasteiger partial charge in [0.1, 0.15) is 33.6 Å². The molecule has 0 bridgehead atoms. The van der Waals surface area contributed by atoms with Gasteiger partial charge in [0.2, 0.25) is 0 Å². The van der Waals surface area contributed by atoms with Crippen molar-refractivity contribution in [2.75, 3.05) is 11.5 Å². The first-order valence-corrected chi connectivity index (χ1v) is 10.7. The first-order chi connectivity index (χ1) is 16.1. The van der Waals surface area contributed by atoms with Crippen molar-refractivity contribution in [1.29, 1.82) is 0 Å². The van der Waals surface area contributed by atoms with E-state index in [0.29, 0.717) is 21.7 Å². The van der Waals surface area contributed by atoms with Gasteiger partial charge >= 0.3 is 7.12 Å². The predicted molar refractivity (Wildman–Crippen MR) is 132 cm³/mol. The van der Waals surface area contributed by atoms with Gasteiger partial charge in [-0.3, -0.25) is 0 Å². The molecule has 0 fully saturated rings. The van der Waals surface area contributed by atoms with Crippen LogP contribution in [0.5, 0.6) is 0 Å². The highest BCUT2D eigenvalue weighted by Gasteiger charge is 2.10. The van der Waals surface area contributed by atoms with Crippen LogP contribution >= 0.6 is 39.1 Å². The minimum Gasteiger partial charge on any atom is -0.423 e. The fraction of sp³-hybridized carbons (Fsp3) is 0. The van der Waals surface area contributed by atoms with E-state index in [1.165, 1.54) is 42.7 Å². The summed E-state index contributed by atoms with van der Waals surface area (Å²) in [6.45, 7) is 0. The monoisotopic (exact) mass is 570 g/mol.